The number of hydrogen-bond acceptors (Lipinski definition) is 6. The molecule has 136 valence electrons. The largest absolute Gasteiger partial charge is 0.493 e. The zero-order valence-corrected chi connectivity index (χ0v) is 14.9. The van der Waals surface area contributed by atoms with Crippen molar-refractivity contribution in [2.24, 2.45) is 0 Å². The van der Waals surface area contributed by atoms with Crippen molar-refractivity contribution in [3.05, 3.63) is 36.1 Å². The van der Waals surface area contributed by atoms with Crippen molar-refractivity contribution in [1.29, 1.82) is 0 Å². The minimum Gasteiger partial charge on any atom is -0.493 e. The highest BCUT2D eigenvalue weighted by Crippen LogP contribution is 2.34. The van der Waals surface area contributed by atoms with Crippen molar-refractivity contribution in [2.45, 2.75) is 4.90 Å². The Labute approximate surface area is 145 Å². The maximum absolute atomic E-state index is 14.2. The van der Waals surface area contributed by atoms with Crippen molar-refractivity contribution < 1.29 is 31.8 Å². The molecule has 1 N–H and O–H groups in total. The second-order valence-corrected chi connectivity index (χ2v) is 6.46. The SMILES string of the molecule is COc1ccc(NS(=O)(=O)c2cc(OC)c(OC)cc2F)cc1OC. The number of nitrogens with one attached hydrogen (secondary N) is 1. The quantitative estimate of drug-likeness (QED) is 0.806. The van der Waals surface area contributed by atoms with Crippen LogP contribution in [0.2, 0.25) is 0 Å². The third kappa shape index (κ3) is 3.87. The maximum atomic E-state index is 14.2. The summed E-state index contributed by atoms with van der Waals surface area (Å²) in [6.45, 7) is 0. The zero-order valence-electron chi connectivity index (χ0n) is 14.1. The maximum Gasteiger partial charge on any atom is 0.264 e. The monoisotopic (exact) mass is 371 g/mol. The first-order valence-electron chi connectivity index (χ1n) is 7.02. The molecule has 0 spiro atoms. The number of sulfonamides is 1. The van der Waals surface area contributed by atoms with Gasteiger partial charge in [-0.15, -0.1) is 0 Å². The van der Waals surface area contributed by atoms with Gasteiger partial charge >= 0.3 is 0 Å². The third-order valence-electron chi connectivity index (χ3n) is 3.36. The Morgan fingerprint density at radius 1 is 0.800 bits per heavy atom. The average Bonchev–Trinajstić information content (AvgIpc) is 2.60. The molecule has 0 atom stereocenters. The molecule has 0 aromatic heterocycles. The predicted octanol–water partition coefficient (Wildman–Crippen LogP) is 2.66. The van der Waals surface area contributed by atoms with Gasteiger partial charge in [-0.1, -0.05) is 0 Å². The van der Waals surface area contributed by atoms with E-state index in [9.17, 15) is 12.8 Å². The van der Waals surface area contributed by atoms with Gasteiger partial charge in [0, 0.05) is 18.2 Å². The van der Waals surface area contributed by atoms with E-state index in [2.05, 4.69) is 4.72 Å². The van der Waals surface area contributed by atoms with Gasteiger partial charge in [-0.3, -0.25) is 4.72 Å². The van der Waals surface area contributed by atoms with Crippen molar-refractivity contribution in [2.75, 3.05) is 33.2 Å². The zero-order chi connectivity index (χ0) is 18.6. The van der Waals surface area contributed by atoms with Gasteiger partial charge in [0.25, 0.3) is 10.0 Å². The van der Waals surface area contributed by atoms with Gasteiger partial charge in [0.1, 0.15) is 10.7 Å². The molecule has 0 amide bonds. The number of benzene rings is 2. The molecule has 7 nitrogen and oxygen atoms in total. The summed E-state index contributed by atoms with van der Waals surface area (Å²) in [6, 6.07) is 6.42. The van der Waals surface area contributed by atoms with E-state index in [0.717, 1.165) is 12.1 Å². The van der Waals surface area contributed by atoms with Crippen LogP contribution in [-0.2, 0) is 10.0 Å². The predicted molar refractivity (Wildman–Crippen MR) is 89.9 cm³/mol. The van der Waals surface area contributed by atoms with Crippen LogP contribution >= 0.6 is 0 Å². The van der Waals surface area contributed by atoms with Gasteiger partial charge in [-0.05, 0) is 12.1 Å². The highest BCUT2D eigenvalue weighted by Gasteiger charge is 2.23. The molecule has 2 aromatic rings. The van der Waals surface area contributed by atoms with E-state index < -0.39 is 20.7 Å². The van der Waals surface area contributed by atoms with E-state index in [1.807, 2.05) is 0 Å². The molecule has 0 saturated heterocycles. The molecule has 0 aliphatic rings. The summed E-state index contributed by atoms with van der Waals surface area (Å²) in [5.74, 6) is -0.0227. The lowest BCUT2D eigenvalue weighted by molar-refractivity contribution is 0.350. The first kappa shape index (κ1) is 18.7. The number of ether oxygens (including phenoxy) is 4. The van der Waals surface area contributed by atoms with Gasteiger partial charge in [0.2, 0.25) is 0 Å². The fraction of sp³-hybridized carbons (Fsp3) is 0.250. The Kier molecular flexibility index (Phi) is 5.58. The Bertz CT molecular complexity index is 869. The van der Waals surface area contributed by atoms with Crippen molar-refractivity contribution in [3.8, 4) is 23.0 Å². The van der Waals surface area contributed by atoms with E-state index >= 15 is 0 Å². The van der Waals surface area contributed by atoms with Crippen LogP contribution in [0, 0.1) is 5.82 Å². The summed E-state index contributed by atoms with van der Waals surface area (Å²) in [4.78, 5) is -0.570. The summed E-state index contributed by atoms with van der Waals surface area (Å²) < 4.78 is 61.7. The summed E-state index contributed by atoms with van der Waals surface area (Å²) in [5, 5.41) is 0. The first-order chi connectivity index (χ1) is 11.9. The normalized spacial score (nSPS) is 10.9. The summed E-state index contributed by atoms with van der Waals surface area (Å²) >= 11 is 0. The number of hydrogen-bond donors (Lipinski definition) is 1. The Hall–Kier alpha value is -2.68. The van der Waals surface area contributed by atoms with Crippen LogP contribution in [-0.4, -0.2) is 36.9 Å². The minimum absolute atomic E-state index is 0.0880. The number of rotatable bonds is 7. The van der Waals surface area contributed by atoms with Crippen LogP contribution in [0.25, 0.3) is 0 Å². The number of anilines is 1. The average molecular weight is 371 g/mol. The molecular formula is C16H18FNO6S. The van der Waals surface area contributed by atoms with E-state index in [1.165, 1.54) is 46.6 Å². The molecule has 0 saturated carbocycles. The van der Waals surface area contributed by atoms with Crippen LogP contribution in [0.15, 0.2) is 35.2 Å². The lowest BCUT2D eigenvalue weighted by Gasteiger charge is -2.14. The topological polar surface area (TPSA) is 83.1 Å². The molecule has 0 fully saturated rings. The molecular weight excluding hydrogens is 353 g/mol. The molecule has 0 unspecified atom stereocenters. The fourth-order valence-corrected chi connectivity index (χ4v) is 3.28. The summed E-state index contributed by atoms with van der Waals surface area (Å²) in [7, 11) is 1.33. The van der Waals surface area contributed by atoms with Crippen LogP contribution < -0.4 is 23.7 Å². The molecule has 0 bridgehead atoms. The van der Waals surface area contributed by atoms with Crippen LogP contribution in [0.3, 0.4) is 0 Å². The molecule has 25 heavy (non-hydrogen) atoms. The fourth-order valence-electron chi connectivity index (χ4n) is 2.15. The lowest BCUT2D eigenvalue weighted by Crippen LogP contribution is -2.15. The molecule has 0 radical (unpaired) electrons. The Morgan fingerprint density at radius 2 is 1.32 bits per heavy atom. The van der Waals surface area contributed by atoms with E-state index in [4.69, 9.17) is 18.9 Å². The molecule has 0 heterocycles. The highest BCUT2D eigenvalue weighted by atomic mass is 32.2. The van der Waals surface area contributed by atoms with Crippen molar-refractivity contribution >= 4 is 15.7 Å². The van der Waals surface area contributed by atoms with E-state index in [0.29, 0.717) is 11.5 Å². The van der Waals surface area contributed by atoms with Gasteiger partial charge in [0.15, 0.2) is 23.0 Å². The molecule has 2 aromatic carbocycles. The molecule has 0 aliphatic carbocycles. The second-order valence-electron chi connectivity index (χ2n) is 4.81. The van der Waals surface area contributed by atoms with Gasteiger partial charge in [-0.25, -0.2) is 12.8 Å². The van der Waals surface area contributed by atoms with Crippen LogP contribution in [0.4, 0.5) is 10.1 Å². The lowest BCUT2D eigenvalue weighted by atomic mass is 10.3. The second kappa shape index (κ2) is 7.47. The standard InChI is InChI=1S/C16H18FNO6S/c1-21-12-6-5-10(7-13(12)22-2)18-25(19,20)16-9-15(24-4)14(23-3)8-11(16)17/h5-9,18H,1-4H3. The van der Waals surface area contributed by atoms with Crippen molar-refractivity contribution in [3.63, 3.8) is 0 Å². The molecule has 2 rings (SSSR count). The van der Waals surface area contributed by atoms with E-state index in [1.54, 1.807) is 0 Å². The van der Waals surface area contributed by atoms with Crippen LogP contribution in [0.1, 0.15) is 0 Å². The first-order valence-corrected chi connectivity index (χ1v) is 8.51. The third-order valence-corrected chi connectivity index (χ3v) is 4.76. The number of halogens is 1. The van der Waals surface area contributed by atoms with Crippen molar-refractivity contribution in [1.82, 2.24) is 0 Å². The molecule has 9 heteroatoms. The van der Waals surface area contributed by atoms with Gasteiger partial charge < -0.3 is 18.9 Å². The number of methoxy groups -OCH3 is 4. The van der Waals surface area contributed by atoms with E-state index in [-0.39, 0.29) is 17.2 Å². The van der Waals surface area contributed by atoms with Crippen LogP contribution in [0.5, 0.6) is 23.0 Å². The Balaban J connectivity index is 2.43. The summed E-state index contributed by atoms with van der Waals surface area (Å²) in [6.07, 6.45) is 0. The summed E-state index contributed by atoms with van der Waals surface area (Å²) in [5.41, 5.74) is 0.187. The highest BCUT2D eigenvalue weighted by molar-refractivity contribution is 7.92. The molecule has 0 aliphatic heterocycles. The van der Waals surface area contributed by atoms with Gasteiger partial charge in [-0.2, -0.15) is 0 Å². The Morgan fingerprint density at radius 3 is 1.88 bits per heavy atom. The smallest absolute Gasteiger partial charge is 0.264 e. The minimum atomic E-state index is -4.20. The van der Waals surface area contributed by atoms with Gasteiger partial charge in [0.05, 0.1) is 34.1 Å².